The lowest BCUT2D eigenvalue weighted by Gasteiger charge is -2.27. The van der Waals surface area contributed by atoms with Crippen LogP contribution in [0.1, 0.15) is 41.8 Å². The van der Waals surface area contributed by atoms with Crippen molar-refractivity contribution in [2.24, 2.45) is 5.92 Å². The fourth-order valence-electron chi connectivity index (χ4n) is 5.27. The molecule has 0 spiro atoms. The van der Waals surface area contributed by atoms with Crippen LogP contribution in [0.15, 0.2) is 77.3 Å². The van der Waals surface area contributed by atoms with Gasteiger partial charge in [0.25, 0.3) is 11.8 Å². The monoisotopic (exact) mass is 672 g/mol. The maximum absolute atomic E-state index is 14.5. The van der Waals surface area contributed by atoms with Gasteiger partial charge >= 0.3 is 0 Å². The van der Waals surface area contributed by atoms with E-state index in [9.17, 15) is 19.6 Å². The van der Waals surface area contributed by atoms with Crippen molar-refractivity contribution in [3.8, 4) is 11.8 Å². The van der Waals surface area contributed by atoms with E-state index in [2.05, 4.69) is 27.3 Å². The zero-order valence-corrected chi connectivity index (χ0v) is 26.8. The van der Waals surface area contributed by atoms with Gasteiger partial charge in [0.05, 0.1) is 43.2 Å². The third-order valence-corrected chi connectivity index (χ3v) is 8.65. The molecule has 0 radical (unpaired) electrons. The van der Waals surface area contributed by atoms with Gasteiger partial charge in [-0.2, -0.15) is 5.26 Å². The van der Waals surface area contributed by atoms with E-state index in [0.717, 1.165) is 20.8 Å². The Balaban J connectivity index is 1.68. The minimum atomic E-state index is -1.06. The standard InChI is InChI=1S/C34H30BrClN4O4/c1-4-20(2)32(41)38-28-19-40(33(42)22-7-5-21(17-37)6-8-22)30-16-25(36)11-13-29(30)39(34(28)43)18-27-26-12-10-24(35)15-23(26)9-14-31(27)44-3/h5-16,20,28H,4,18-19H2,1-3H3,(H,38,41)/t20-,28+/m1/s1. The number of nitrogens with one attached hydrogen (secondary N) is 1. The topological polar surface area (TPSA) is 103 Å². The molecule has 1 aliphatic rings. The van der Waals surface area contributed by atoms with E-state index in [1.165, 1.54) is 4.90 Å². The summed E-state index contributed by atoms with van der Waals surface area (Å²) >= 11 is 10.0. The lowest BCUT2D eigenvalue weighted by Crippen LogP contribution is -2.53. The summed E-state index contributed by atoms with van der Waals surface area (Å²) in [6.45, 7) is 3.67. The van der Waals surface area contributed by atoms with Crippen molar-refractivity contribution >= 4 is 67.4 Å². The minimum absolute atomic E-state index is 0.101. The van der Waals surface area contributed by atoms with E-state index in [0.29, 0.717) is 39.7 Å². The molecule has 1 N–H and O–H groups in total. The molecule has 10 heteroatoms. The molecular weight excluding hydrogens is 644 g/mol. The lowest BCUT2D eigenvalue weighted by molar-refractivity contribution is -0.129. The number of methoxy groups -OCH3 is 1. The molecule has 0 fully saturated rings. The molecular formula is C34H30BrClN4O4. The molecule has 44 heavy (non-hydrogen) atoms. The molecule has 0 unspecified atom stereocenters. The molecule has 4 aromatic carbocycles. The van der Waals surface area contributed by atoms with Crippen LogP contribution in [0.3, 0.4) is 0 Å². The highest BCUT2D eigenvalue weighted by molar-refractivity contribution is 9.10. The quantitative estimate of drug-likeness (QED) is 0.231. The molecule has 5 rings (SSSR count). The Labute approximate surface area is 269 Å². The average molecular weight is 674 g/mol. The van der Waals surface area contributed by atoms with Gasteiger partial charge in [-0.05, 0) is 77.9 Å². The van der Waals surface area contributed by atoms with Gasteiger partial charge in [0.15, 0.2) is 0 Å². The number of carbonyl (C=O) groups excluding carboxylic acids is 3. The molecule has 8 nitrogen and oxygen atoms in total. The van der Waals surface area contributed by atoms with Crippen LogP contribution in [0.4, 0.5) is 11.4 Å². The van der Waals surface area contributed by atoms with Gasteiger partial charge in [-0.25, -0.2) is 0 Å². The van der Waals surface area contributed by atoms with Gasteiger partial charge in [-0.3, -0.25) is 14.4 Å². The molecule has 4 aromatic rings. The Morgan fingerprint density at radius 1 is 1.09 bits per heavy atom. The van der Waals surface area contributed by atoms with E-state index in [-0.39, 0.29) is 30.8 Å². The summed E-state index contributed by atoms with van der Waals surface area (Å²) in [6.07, 6.45) is 0.586. The van der Waals surface area contributed by atoms with E-state index in [1.54, 1.807) is 61.4 Å². The van der Waals surface area contributed by atoms with E-state index >= 15 is 0 Å². The highest BCUT2D eigenvalue weighted by Gasteiger charge is 2.38. The van der Waals surface area contributed by atoms with E-state index in [1.807, 2.05) is 37.3 Å². The van der Waals surface area contributed by atoms with Gasteiger partial charge in [-0.15, -0.1) is 0 Å². The number of halogens is 2. The summed E-state index contributed by atoms with van der Waals surface area (Å²) in [4.78, 5) is 44.7. The number of carbonyl (C=O) groups is 3. The molecule has 1 heterocycles. The summed E-state index contributed by atoms with van der Waals surface area (Å²) in [5.74, 6) is -0.804. The number of ether oxygens (including phenoxy) is 1. The first-order valence-corrected chi connectivity index (χ1v) is 15.3. The second-order valence-corrected chi connectivity index (χ2v) is 12.0. The zero-order valence-electron chi connectivity index (χ0n) is 24.4. The average Bonchev–Trinajstić information content (AvgIpc) is 3.14. The summed E-state index contributed by atoms with van der Waals surface area (Å²) in [5.41, 5.74) is 2.38. The Morgan fingerprint density at radius 2 is 1.84 bits per heavy atom. The van der Waals surface area contributed by atoms with Crippen LogP contribution in [0.2, 0.25) is 5.02 Å². The predicted octanol–water partition coefficient (Wildman–Crippen LogP) is 6.86. The number of amides is 3. The van der Waals surface area contributed by atoms with Crippen molar-refractivity contribution in [2.75, 3.05) is 23.5 Å². The smallest absolute Gasteiger partial charge is 0.258 e. The highest BCUT2D eigenvalue weighted by atomic mass is 79.9. The molecule has 2 atom stereocenters. The van der Waals surface area contributed by atoms with E-state index < -0.39 is 11.9 Å². The fourth-order valence-corrected chi connectivity index (χ4v) is 5.81. The Bertz CT molecular complexity index is 1800. The molecule has 3 amide bonds. The molecule has 1 aliphatic heterocycles. The fraction of sp³-hybridized carbons (Fsp3) is 0.235. The SMILES string of the molecule is CC[C@@H](C)C(=O)N[C@H]1CN(C(=O)c2ccc(C#N)cc2)c2cc(Cl)ccc2N(Cc2c(OC)ccc3cc(Br)ccc23)C1=O. The number of hydrogen-bond donors (Lipinski definition) is 1. The second-order valence-electron chi connectivity index (χ2n) is 10.6. The van der Waals surface area contributed by atoms with Crippen molar-refractivity contribution in [1.82, 2.24) is 5.32 Å². The third-order valence-electron chi connectivity index (χ3n) is 7.92. The van der Waals surface area contributed by atoms with Crippen LogP contribution in [0.5, 0.6) is 5.75 Å². The molecule has 0 saturated heterocycles. The molecule has 0 aliphatic carbocycles. The number of benzene rings is 4. The summed E-state index contributed by atoms with van der Waals surface area (Å²) in [5, 5.41) is 14.4. The first kappa shape index (κ1) is 31.0. The highest BCUT2D eigenvalue weighted by Crippen LogP contribution is 2.39. The first-order chi connectivity index (χ1) is 21.1. The Morgan fingerprint density at radius 3 is 2.52 bits per heavy atom. The van der Waals surface area contributed by atoms with Crippen molar-refractivity contribution in [3.05, 3.63) is 99.0 Å². The number of rotatable bonds is 7. The number of nitrogens with zero attached hydrogens (tertiary/aromatic N) is 3. The van der Waals surface area contributed by atoms with Crippen LogP contribution < -0.4 is 19.9 Å². The normalized spacial score (nSPS) is 15.3. The van der Waals surface area contributed by atoms with Crippen molar-refractivity contribution in [1.29, 1.82) is 5.26 Å². The predicted molar refractivity (Wildman–Crippen MR) is 175 cm³/mol. The van der Waals surface area contributed by atoms with Crippen LogP contribution in [-0.4, -0.2) is 37.4 Å². The largest absolute Gasteiger partial charge is 0.496 e. The summed E-state index contributed by atoms with van der Waals surface area (Å²) in [7, 11) is 1.58. The second kappa shape index (κ2) is 13.1. The maximum Gasteiger partial charge on any atom is 0.258 e. The maximum atomic E-state index is 14.5. The van der Waals surface area contributed by atoms with Gasteiger partial charge in [-0.1, -0.05) is 53.5 Å². The van der Waals surface area contributed by atoms with Crippen molar-refractivity contribution in [2.45, 2.75) is 32.9 Å². The molecule has 0 aromatic heterocycles. The Kier molecular flexibility index (Phi) is 9.23. The van der Waals surface area contributed by atoms with Crippen molar-refractivity contribution in [3.63, 3.8) is 0 Å². The van der Waals surface area contributed by atoms with Gasteiger partial charge in [0.2, 0.25) is 5.91 Å². The summed E-state index contributed by atoms with van der Waals surface area (Å²) < 4.78 is 6.66. The van der Waals surface area contributed by atoms with Gasteiger partial charge < -0.3 is 19.9 Å². The van der Waals surface area contributed by atoms with Crippen LogP contribution in [0.25, 0.3) is 10.8 Å². The number of anilines is 2. The van der Waals surface area contributed by atoms with Crippen LogP contribution in [-0.2, 0) is 16.1 Å². The van der Waals surface area contributed by atoms with Crippen LogP contribution >= 0.6 is 27.5 Å². The first-order valence-electron chi connectivity index (χ1n) is 14.1. The minimum Gasteiger partial charge on any atom is -0.496 e. The Hall–Kier alpha value is -4.39. The number of nitriles is 1. The molecule has 0 saturated carbocycles. The number of fused-ring (bicyclic) bond motifs is 2. The third kappa shape index (κ3) is 6.14. The van der Waals surface area contributed by atoms with E-state index in [4.69, 9.17) is 16.3 Å². The molecule has 224 valence electrons. The zero-order chi connectivity index (χ0) is 31.5. The number of hydrogen-bond acceptors (Lipinski definition) is 5. The van der Waals surface area contributed by atoms with Gasteiger partial charge in [0, 0.05) is 26.5 Å². The lowest BCUT2D eigenvalue weighted by atomic mass is 10.0. The molecule has 0 bridgehead atoms. The van der Waals surface area contributed by atoms with Gasteiger partial charge in [0.1, 0.15) is 11.8 Å². The summed E-state index contributed by atoms with van der Waals surface area (Å²) in [6, 6.07) is 22.0. The van der Waals surface area contributed by atoms with Crippen molar-refractivity contribution < 1.29 is 19.1 Å². The van der Waals surface area contributed by atoms with Crippen LogP contribution in [0, 0.1) is 17.2 Å².